The van der Waals surface area contributed by atoms with Crippen molar-refractivity contribution in [3.05, 3.63) is 52.4 Å². The fourth-order valence-electron chi connectivity index (χ4n) is 1.41. The lowest BCUT2D eigenvalue weighted by Crippen LogP contribution is -2.37. The average molecular weight is 315 g/mol. The molecule has 1 aromatic carbocycles. The Balaban J connectivity index is 1.71. The molecule has 5 nitrogen and oxygen atoms in total. The van der Waals surface area contributed by atoms with Crippen molar-refractivity contribution in [3.8, 4) is 5.75 Å². The van der Waals surface area contributed by atoms with Crippen molar-refractivity contribution < 1.29 is 13.9 Å². The molecule has 20 heavy (non-hydrogen) atoms. The maximum Gasteiger partial charge on any atom is 0.317 e. The van der Waals surface area contributed by atoms with Crippen molar-refractivity contribution in [1.29, 1.82) is 0 Å². The summed E-state index contributed by atoms with van der Waals surface area (Å²) in [5.41, 5.74) is 0. The van der Waals surface area contributed by atoms with Crippen LogP contribution in [0.25, 0.3) is 0 Å². The molecule has 106 valence electrons. The van der Waals surface area contributed by atoms with Gasteiger partial charge < -0.3 is 19.8 Å². The van der Waals surface area contributed by atoms with E-state index in [1.807, 2.05) is 0 Å². The molecule has 0 bridgehead atoms. The SMILES string of the molecule is O=C(NCOc1ccc(Cl)cc1Cl)NCc1ccco1. The highest BCUT2D eigenvalue weighted by Crippen LogP contribution is 2.27. The van der Waals surface area contributed by atoms with Crippen LogP contribution in [0.3, 0.4) is 0 Å². The molecule has 0 aliphatic carbocycles. The van der Waals surface area contributed by atoms with E-state index in [2.05, 4.69) is 10.6 Å². The molecule has 0 unspecified atom stereocenters. The third kappa shape index (κ3) is 4.36. The number of ether oxygens (including phenoxy) is 1. The van der Waals surface area contributed by atoms with Crippen LogP contribution in [0.2, 0.25) is 10.0 Å². The lowest BCUT2D eigenvalue weighted by atomic mass is 10.3. The van der Waals surface area contributed by atoms with Crippen LogP contribution in [0.1, 0.15) is 5.76 Å². The Bertz CT molecular complexity index is 573. The van der Waals surface area contributed by atoms with Gasteiger partial charge in [-0.05, 0) is 30.3 Å². The van der Waals surface area contributed by atoms with E-state index < -0.39 is 0 Å². The van der Waals surface area contributed by atoms with Crippen LogP contribution in [-0.2, 0) is 6.54 Å². The summed E-state index contributed by atoms with van der Waals surface area (Å²) in [5, 5.41) is 6.05. The van der Waals surface area contributed by atoms with E-state index in [0.717, 1.165) is 0 Å². The van der Waals surface area contributed by atoms with Crippen molar-refractivity contribution in [2.75, 3.05) is 6.73 Å². The summed E-state index contributed by atoms with van der Waals surface area (Å²) in [7, 11) is 0. The number of rotatable bonds is 5. The molecule has 1 aromatic heterocycles. The highest BCUT2D eigenvalue weighted by Gasteiger charge is 2.04. The molecule has 7 heteroatoms. The number of halogens is 2. The first-order chi connectivity index (χ1) is 9.65. The van der Waals surface area contributed by atoms with Crippen LogP contribution in [-0.4, -0.2) is 12.8 Å². The molecule has 2 aromatic rings. The van der Waals surface area contributed by atoms with E-state index in [-0.39, 0.29) is 12.8 Å². The summed E-state index contributed by atoms with van der Waals surface area (Å²) in [4.78, 5) is 11.5. The summed E-state index contributed by atoms with van der Waals surface area (Å²) in [5.74, 6) is 1.12. The first kappa shape index (κ1) is 14.6. The van der Waals surface area contributed by atoms with Crippen LogP contribution in [0.15, 0.2) is 41.0 Å². The molecule has 0 atom stereocenters. The fourth-order valence-corrected chi connectivity index (χ4v) is 1.88. The molecular formula is C13H12Cl2N2O3. The van der Waals surface area contributed by atoms with Crippen molar-refractivity contribution >= 4 is 29.2 Å². The van der Waals surface area contributed by atoms with E-state index in [1.54, 1.807) is 36.6 Å². The largest absolute Gasteiger partial charge is 0.472 e. The molecule has 1 heterocycles. The summed E-state index contributed by atoms with van der Waals surface area (Å²) in [6, 6.07) is 8.00. The number of hydrogen-bond acceptors (Lipinski definition) is 3. The molecule has 0 fully saturated rings. The maximum absolute atomic E-state index is 11.5. The average Bonchev–Trinajstić information content (AvgIpc) is 2.92. The van der Waals surface area contributed by atoms with Gasteiger partial charge in [0, 0.05) is 5.02 Å². The number of amides is 2. The molecule has 2 rings (SSSR count). The van der Waals surface area contributed by atoms with Gasteiger partial charge in [-0.1, -0.05) is 23.2 Å². The van der Waals surface area contributed by atoms with E-state index in [1.165, 1.54) is 0 Å². The van der Waals surface area contributed by atoms with Gasteiger partial charge in [0.1, 0.15) is 11.5 Å². The van der Waals surface area contributed by atoms with Gasteiger partial charge in [-0.25, -0.2) is 4.79 Å². The van der Waals surface area contributed by atoms with Gasteiger partial charge in [0.2, 0.25) is 0 Å². The van der Waals surface area contributed by atoms with Gasteiger partial charge in [-0.3, -0.25) is 0 Å². The second kappa shape index (κ2) is 7.07. The second-order valence-corrected chi connectivity index (χ2v) is 4.65. The molecule has 0 radical (unpaired) electrons. The topological polar surface area (TPSA) is 63.5 Å². The Labute approximate surface area is 125 Å². The van der Waals surface area contributed by atoms with Crippen LogP contribution in [0, 0.1) is 0 Å². The molecule has 0 aliphatic rings. The predicted molar refractivity (Wildman–Crippen MR) is 76.0 cm³/mol. The highest BCUT2D eigenvalue weighted by atomic mass is 35.5. The smallest absolute Gasteiger partial charge is 0.317 e. The first-order valence-electron chi connectivity index (χ1n) is 5.77. The minimum absolute atomic E-state index is 0.00859. The zero-order valence-corrected chi connectivity index (χ0v) is 11.9. The minimum Gasteiger partial charge on any atom is -0.472 e. The Morgan fingerprint density at radius 3 is 2.80 bits per heavy atom. The quantitative estimate of drug-likeness (QED) is 0.831. The Hall–Kier alpha value is -1.85. The summed E-state index contributed by atoms with van der Waals surface area (Å²) >= 11 is 11.7. The fraction of sp³-hybridized carbons (Fsp3) is 0.154. The predicted octanol–water partition coefficient (Wildman–Crippen LogP) is 3.42. The van der Waals surface area contributed by atoms with Crippen molar-refractivity contribution in [2.45, 2.75) is 6.54 Å². The Morgan fingerprint density at radius 1 is 1.25 bits per heavy atom. The zero-order chi connectivity index (χ0) is 14.4. The normalized spacial score (nSPS) is 10.1. The molecule has 2 amide bonds. The van der Waals surface area contributed by atoms with Gasteiger partial charge in [0.25, 0.3) is 0 Å². The number of nitrogens with one attached hydrogen (secondary N) is 2. The summed E-state index contributed by atoms with van der Waals surface area (Å²) < 4.78 is 10.4. The summed E-state index contributed by atoms with van der Waals surface area (Å²) in [6.07, 6.45) is 1.54. The monoisotopic (exact) mass is 314 g/mol. The van der Waals surface area contributed by atoms with Gasteiger partial charge >= 0.3 is 6.03 Å². The third-order valence-corrected chi connectivity index (χ3v) is 2.89. The van der Waals surface area contributed by atoms with Gasteiger partial charge in [-0.2, -0.15) is 0 Å². The van der Waals surface area contributed by atoms with E-state index in [0.29, 0.717) is 28.1 Å². The van der Waals surface area contributed by atoms with Crippen LogP contribution in [0.5, 0.6) is 5.75 Å². The lowest BCUT2D eigenvalue weighted by molar-refractivity contribution is 0.223. The highest BCUT2D eigenvalue weighted by molar-refractivity contribution is 6.35. The van der Waals surface area contributed by atoms with Crippen LogP contribution < -0.4 is 15.4 Å². The second-order valence-electron chi connectivity index (χ2n) is 3.80. The molecule has 0 saturated carbocycles. The zero-order valence-electron chi connectivity index (χ0n) is 10.4. The number of hydrogen-bond donors (Lipinski definition) is 2. The number of urea groups is 1. The maximum atomic E-state index is 11.5. The summed E-state index contributed by atoms with van der Waals surface area (Å²) in [6.45, 7) is 0.297. The van der Waals surface area contributed by atoms with Crippen molar-refractivity contribution in [1.82, 2.24) is 10.6 Å². The molecule has 0 aliphatic heterocycles. The van der Waals surface area contributed by atoms with Crippen molar-refractivity contribution in [2.24, 2.45) is 0 Å². The lowest BCUT2D eigenvalue weighted by Gasteiger charge is -2.10. The van der Waals surface area contributed by atoms with Gasteiger partial charge in [0.15, 0.2) is 6.73 Å². The standard InChI is InChI=1S/C13H12Cl2N2O3/c14-9-3-4-12(11(15)6-9)20-8-17-13(18)16-7-10-2-1-5-19-10/h1-6H,7-8H2,(H2,16,17,18). The van der Waals surface area contributed by atoms with Gasteiger partial charge in [0.05, 0.1) is 17.8 Å². The first-order valence-corrected chi connectivity index (χ1v) is 6.52. The number of benzene rings is 1. The number of carbonyl (C=O) groups excluding carboxylic acids is 1. The van der Waals surface area contributed by atoms with E-state index in [9.17, 15) is 4.79 Å². The van der Waals surface area contributed by atoms with E-state index >= 15 is 0 Å². The Morgan fingerprint density at radius 2 is 2.10 bits per heavy atom. The van der Waals surface area contributed by atoms with E-state index in [4.69, 9.17) is 32.4 Å². The van der Waals surface area contributed by atoms with Crippen LogP contribution in [0.4, 0.5) is 4.79 Å². The molecule has 0 spiro atoms. The molecule has 2 N–H and O–H groups in total. The number of furan rings is 1. The minimum atomic E-state index is -0.369. The molecule has 0 saturated heterocycles. The van der Waals surface area contributed by atoms with Crippen molar-refractivity contribution in [3.63, 3.8) is 0 Å². The Kier molecular flexibility index (Phi) is 5.15. The molecular weight excluding hydrogens is 303 g/mol. The van der Waals surface area contributed by atoms with Gasteiger partial charge in [-0.15, -0.1) is 0 Å². The van der Waals surface area contributed by atoms with Crippen LogP contribution >= 0.6 is 23.2 Å². The third-order valence-electron chi connectivity index (χ3n) is 2.36. The number of carbonyl (C=O) groups is 1.